The van der Waals surface area contributed by atoms with Crippen molar-refractivity contribution in [2.75, 3.05) is 37.4 Å². The Balaban J connectivity index is 2.09. The van der Waals surface area contributed by atoms with Crippen LogP contribution in [0.1, 0.15) is 45.5 Å². The van der Waals surface area contributed by atoms with Crippen LogP contribution in [0.5, 0.6) is 0 Å². The molecule has 8 heteroatoms. The molecular formula is C27H40N8. The molecule has 0 saturated heterocycles. The van der Waals surface area contributed by atoms with Crippen molar-refractivity contribution in [2.45, 2.75) is 39.8 Å². The van der Waals surface area contributed by atoms with Crippen molar-refractivity contribution in [3.63, 3.8) is 0 Å². The van der Waals surface area contributed by atoms with E-state index in [-0.39, 0.29) is 6.17 Å². The number of nitrogens with zero attached hydrogens (tertiary/aromatic N) is 4. The Morgan fingerprint density at radius 1 is 1.14 bits per heavy atom. The van der Waals surface area contributed by atoms with E-state index in [0.717, 1.165) is 60.9 Å². The van der Waals surface area contributed by atoms with Crippen LogP contribution in [0.4, 0.5) is 11.5 Å². The summed E-state index contributed by atoms with van der Waals surface area (Å²) in [5, 5.41) is 6.32. The molecule has 0 amide bonds. The number of rotatable bonds is 16. The monoisotopic (exact) mass is 476 g/mol. The zero-order chi connectivity index (χ0) is 25.3. The molecule has 0 bridgehead atoms. The summed E-state index contributed by atoms with van der Waals surface area (Å²) in [6.07, 6.45) is 13.5. The summed E-state index contributed by atoms with van der Waals surface area (Å²) in [6, 6.07) is 9.66. The van der Waals surface area contributed by atoms with Crippen LogP contribution in [0.25, 0.3) is 0 Å². The normalized spacial score (nSPS) is 12.9. The summed E-state index contributed by atoms with van der Waals surface area (Å²) in [7, 11) is 1.89. The molecule has 0 aliphatic heterocycles. The first-order valence-corrected chi connectivity index (χ1v) is 12.1. The van der Waals surface area contributed by atoms with Gasteiger partial charge in [0, 0.05) is 43.1 Å². The van der Waals surface area contributed by atoms with Crippen molar-refractivity contribution in [1.29, 1.82) is 0 Å². The van der Waals surface area contributed by atoms with E-state index < -0.39 is 0 Å². The van der Waals surface area contributed by atoms with Gasteiger partial charge in [0.25, 0.3) is 0 Å². The van der Waals surface area contributed by atoms with Crippen molar-refractivity contribution in [1.82, 2.24) is 25.6 Å². The van der Waals surface area contributed by atoms with Gasteiger partial charge in [0.1, 0.15) is 12.0 Å². The van der Waals surface area contributed by atoms with Gasteiger partial charge in [-0.3, -0.25) is 20.2 Å². The second kappa shape index (κ2) is 16.2. The summed E-state index contributed by atoms with van der Waals surface area (Å²) in [4.78, 5) is 15.8. The fourth-order valence-electron chi connectivity index (χ4n) is 3.45. The zero-order valence-electron chi connectivity index (χ0n) is 21.5. The van der Waals surface area contributed by atoms with Crippen molar-refractivity contribution < 1.29 is 0 Å². The van der Waals surface area contributed by atoms with E-state index in [9.17, 15) is 0 Å². The number of aromatic nitrogens is 2. The van der Waals surface area contributed by atoms with E-state index in [0.29, 0.717) is 0 Å². The number of nitrogens with one attached hydrogen (secondary N) is 4. The molecule has 1 atom stereocenters. The number of hydrogen-bond donors (Lipinski definition) is 4. The highest BCUT2D eigenvalue weighted by Crippen LogP contribution is 2.13. The molecule has 2 aromatic heterocycles. The van der Waals surface area contributed by atoms with Gasteiger partial charge in [-0.15, -0.1) is 0 Å². The molecule has 188 valence electrons. The van der Waals surface area contributed by atoms with Gasteiger partial charge in [0.05, 0.1) is 11.4 Å². The average molecular weight is 477 g/mol. The molecule has 0 fully saturated rings. The van der Waals surface area contributed by atoms with Gasteiger partial charge in [-0.25, -0.2) is 4.98 Å². The van der Waals surface area contributed by atoms with Crippen LogP contribution in [-0.4, -0.2) is 47.8 Å². The van der Waals surface area contributed by atoms with Crippen molar-refractivity contribution in [2.24, 2.45) is 4.99 Å². The number of anilines is 2. The molecule has 0 radical (unpaired) electrons. The second-order valence-electron chi connectivity index (χ2n) is 8.20. The first-order valence-electron chi connectivity index (χ1n) is 12.1. The highest BCUT2D eigenvalue weighted by atomic mass is 15.3. The summed E-state index contributed by atoms with van der Waals surface area (Å²) in [5.74, 6) is 0.742. The fraction of sp³-hybridized carbons (Fsp3) is 0.370. The lowest BCUT2D eigenvalue weighted by molar-refractivity contribution is 0.299. The third kappa shape index (κ3) is 11.0. The Hall–Kier alpha value is -3.49. The minimum atomic E-state index is -0.187. The van der Waals surface area contributed by atoms with Crippen molar-refractivity contribution in [3.8, 4) is 0 Å². The SMILES string of the molecule is C=C(C)Nc1cc(NN\C=C/C(=C/C=N\C(NC)c2ccccn2)CN(CCC)CCC)ccn1. The number of hydrazine groups is 1. The van der Waals surface area contributed by atoms with Crippen LogP contribution in [0.15, 0.2) is 83.9 Å². The van der Waals surface area contributed by atoms with E-state index in [4.69, 9.17) is 0 Å². The number of hydrogen-bond acceptors (Lipinski definition) is 8. The lowest BCUT2D eigenvalue weighted by atomic mass is 10.2. The van der Waals surface area contributed by atoms with Crippen molar-refractivity contribution in [3.05, 3.63) is 84.6 Å². The maximum absolute atomic E-state index is 4.68. The van der Waals surface area contributed by atoms with Crippen LogP contribution in [0.2, 0.25) is 0 Å². The van der Waals surface area contributed by atoms with E-state index in [1.807, 2.05) is 56.7 Å². The molecule has 0 aliphatic carbocycles. The second-order valence-corrected chi connectivity index (χ2v) is 8.20. The van der Waals surface area contributed by atoms with E-state index in [1.165, 1.54) is 0 Å². The quantitative estimate of drug-likeness (QED) is 0.156. The third-order valence-corrected chi connectivity index (χ3v) is 4.95. The molecule has 2 rings (SSSR count). The number of aliphatic imine (C=N–C) groups is 1. The van der Waals surface area contributed by atoms with Crippen LogP contribution in [0.3, 0.4) is 0 Å². The maximum atomic E-state index is 4.68. The minimum Gasteiger partial charge on any atom is -0.345 e. The molecule has 0 aromatic carbocycles. The molecule has 2 aromatic rings. The van der Waals surface area contributed by atoms with E-state index >= 15 is 0 Å². The standard InChI is InChI=1S/C27H40N8/c1-6-18-35(19-7-2)21-23(11-15-31-27(28-5)25-10-8-9-14-29-25)12-17-32-34-24-13-16-30-26(20-24)33-22(3)4/h8-17,20,27-28,32H,3,6-7,18-19,21H2,1-2,4-5H3,(H2,30,33,34)/b17-12-,23-11-,31-15-. The van der Waals surface area contributed by atoms with Gasteiger partial charge in [-0.1, -0.05) is 26.5 Å². The topological polar surface area (TPSA) is 89.5 Å². The Bertz CT molecular complexity index is 962. The molecule has 4 N–H and O–H groups in total. The van der Waals surface area contributed by atoms with Crippen LogP contribution < -0.4 is 21.5 Å². The van der Waals surface area contributed by atoms with Gasteiger partial charge in [-0.05, 0) is 75.8 Å². The van der Waals surface area contributed by atoms with Crippen LogP contribution in [0, 0.1) is 0 Å². The molecule has 1 unspecified atom stereocenters. The smallest absolute Gasteiger partial charge is 0.142 e. The predicted molar refractivity (Wildman–Crippen MR) is 148 cm³/mol. The molecule has 8 nitrogen and oxygen atoms in total. The predicted octanol–water partition coefficient (Wildman–Crippen LogP) is 4.89. The largest absolute Gasteiger partial charge is 0.345 e. The van der Waals surface area contributed by atoms with Gasteiger partial charge >= 0.3 is 0 Å². The maximum Gasteiger partial charge on any atom is 0.142 e. The first kappa shape index (κ1) is 27.8. The van der Waals surface area contributed by atoms with Crippen LogP contribution in [-0.2, 0) is 0 Å². The Kier molecular flexibility index (Phi) is 12.8. The van der Waals surface area contributed by atoms with Gasteiger partial charge in [-0.2, -0.15) is 0 Å². The van der Waals surface area contributed by atoms with Gasteiger partial charge < -0.3 is 16.2 Å². The zero-order valence-corrected chi connectivity index (χ0v) is 21.5. The lowest BCUT2D eigenvalue weighted by Gasteiger charge is -2.21. The molecule has 35 heavy (non-hydrogen) atoms. The first-order chi connectivity index (χ1) is 17.0. The fourth-order valence-corrected chi connectivity index (χ4v) is 3.45. The van der Waals surface area contributed by atoms with Gasteiger partial charge in [0.15, 0.2) is 0 Å². The third-order valence-electron chi connectivity index (χ3n) is 4.95. The molecule has 0 saturated carbocycles. The molecule has 2 heterocycles. The highest BCUT2D eigenvalue weighted by Gasteiger charge is 2.07. The summed E-state index contributed by atoms with van der Waals surface area (Å²) >= 11 is 0. The Morgan fingerprint density at radius 2 is 1.94 bits per heavy atom. The minimum absolute atomic E-state index is 0.187. The number of allylic oxidation sites excluding steroid dienone is 2. The Labute approximate surface area is 210 Å². The molecular weight excluding hydrogens is 436 g/mol. The van der Waals surface area contributed by atoms with Crippen LogP contribution >= 0.6 is 0 Å². The lowest BCUT2D eigenvalue weighted by Crippen LogP contribution is -2.27. The summed E-state index contributed by atoms with van der Waals surface area (Å²) in [5.41, 5.74) is 10.1. The average Bonchev–Trinajstić information content (AvgIpc) is 2.85. The van der Waals surface area contributed by atoms with E-state index in [1.54, 1.807) is 12.4 Å². The molecule has 0 aliphatic rings. The highest BCUT2D eigenvalue weighted by molar-refractivity contribution is 5.73. The summed E-state index contributed by atoms with van der Waals surface area (Å²) in [6.45, 7) is 13.1. The van der Waals surface area contributed by atoms with Gasteiger partial charge in [0.2, 0.25) is 0 Å². The van der Waals surface area contributed by atoms with Crippen molar-refractivity contribution >= 4 is 17.7 Å². The summed E-state index contributed by atoms with van der Waals surface area (Å²) < 4.78 is 0. The number of pyridine rings is 2. The molecule has 0 spiro atoms. The Morgan fingerprint density at radius 3 is 2.60 bits per heavy atom. The van der Waals surface area contributed by atoms with E-state index in [2.05, 4.69) is 73.9 Å².